The maximum absolute atomic E-state index is 2.42. The molecule has 2 heteroatoms. The molecule has 0 aliphatic rings. The van der Waals surface area contributed by atoms with Crippen molar-refractivity contribution in [1.29, 1.82) is 0 Å². The molecule has 0 aliphatic heterocycles. The van der Waals surface area contributed by atoms with Gasteiger partial charge in [-0.1, -0.05) is 60.7 Å². The second-order valence-corrected chi connectivity index (χ2v) is 8.73. The van der Waals surface area contributed by atoms with E-state index in [0.29, 0.717) is 0 Å². The Kier molecular flexibility index (Phi) is 4.03. The van der Waals surface area contributed by atoms with Gasteiger partial charge in [-0.3, -0.25) is 0 Å². The fraction of sp³-hybridized carbons (Fsp3) is 0. The van der Waals surface area contributed by atoms with Crippen LogP contribution in [0.3, 0.4) is 0 Å². The molecule has 5 rings (SSSR count). The minimum atomic E-state index is 1.26. The van der Waals surface area contributed by atoms with Crippen molar-refractivity contribution in [2.24, 2.45) is 0 Å². The predicted molar refractivity (Wildman–Crippen MR) is 123 cm³/mol. The van der Waals surface area contributed by atoms with E-state index in [0.717, 1.165) is 0 Å². The van der Waals surface area contributed by atoms with Gasteiger partial charge in [-0.25, -0.2) is 0 Å². The summed E-state index contributed by atoms with van der Waals surface area (Å²) in [5.41, 5.74) is 5.08. The summed E-state index contributed by atoms with van der Waals surface area (Å²) < 4.78 is 3.96. The van der Waals surface area contributed by atoms with Gasteiger partial charge in [0.05, 0.1) is 0 Å². The van der Waals surface area contributed by atoms with Crippen molar-refractivity contribution in [3.63, 3.8) is 0 Å². The third-order valence-electron chi connectivity index (χ3n) is 4.72. The summed E-state index contributed by atoms with van der Waals surface area (Å²) in [7, 11) is 0. The maximum Gasteiger partial charge on any atom is 0.0361 e. The van der Waals surface area contributed by atoms with Gasteiger partial charge in [0, 0.05) is 23.7 Å². The molecule has 0 spiro atoms. The quantitative estimate of drug-likeness (QED) is 0.233. The molecule has 5 aromatic rings. The number of benzene rings is 4. The van der Waals surface area contributed by atoms with Crippen LogP contribution in [0.1, 0.15) is 0 Å². The van der Waals surface area contributed by atoms with Crippen LogP contribution in [0.4, 0.5) is 0 Å². The summed E-state index contributed by atoms with van der Waals surface area (Å²) in [5, 5.41) is 2.70. The third kappa shape index (κ3) is 2.83. The summed E-state index contributed by atoms with van der Waals surface area (Å²) in [6.45, 7) is 0. The van der Waals surface area contributed by atoms with Gasteiger partial charge in [0.1, 0.15) is 0 Å². The van der Waals surface area contributed by atoms with E-state index < -0.39 is 0 Å². The van der Waals surface area contributed by atoms with Crippen LogP contribution < -0.4 is 0 Å². The zero-order valence-corrected chi connectivity index (χ0v) is 16.9. The Morgan fingerprint density at radius 3 is 2.04 bits per heavy atom. The normalized spacial score (nSPS) is 11.3. The van der Waals surface area contributed by atoms with Crippen LogP contribution in [0, 0.1) is 3.57 Å². The largest absolute Gasteiger partial charge is 0.135 e. The monoisotopic (exact) mass is 462 g/mol. The number of hydrogen-bond acceptors (Lipinski definition) is 1. The highest BCUT2D eigenvalue weighted by Gasteiger charge is 2.08. The molecule has 0 nitrogen and oxygen atoms in total. The Hall–Kier alpha value is -2.17. The lowest BCUT2D eigenvalue weighted by atomic mass is 9.98. The van der Waals surface area contributed by atoms with Gasteiger partial charge in [0.2, 0.25) is 0 Å². The number of rotatable bonds is 2. The molecule has 0 saturated heterocycles. The van der Waals surface area contributed by atoms with Gasteiger partial charge >= 0.3 is 0 Å². The van der Waals surface area contributed by atoms with Crippen molar-refractivity contribution in [3.8, 4) is 22.3 Å². The first-order valence-electron chi connectivity index (χ1n) is 8.56. The summed E-state index contributed by atoms with van der Waals surface area (Å²) >= 11 is 4.29. The van der Waals surface area contributed by atoms with Crippen LogP contribution in [-0.2, 0) is 0 Å². The van der Waals surface area contributed by atoms with Crippen molar-refractivity contribution in [2.45, 2.75) is 0 Å². The topological polar surface area (TPSA) is 0 Å². The van der Waals surface area contributed by atoms with Crippen LogP contribution >= 0.6 is 33.9 Å². The first kappa shape index (κ1) is 16.0. The van der Waals surface area contributed by atoms with Crippen LogP contribution in [-0.4, -0.2) is 0 Å². The lowest BCUT2D eigenvalue weighted by molar-refractivity contribution is 1.57. The number of hydrogen-bond donors (Lipinski definition) is 0. The zero-order valence-electron chi connectivity index (χ0n) is 13.9. The predicted octanol–water partition coefficient (Wildman–Crippen LogP) is 7.99. The van der Waals surface area contributed by atoms with Crippen LogP contribution in [0.25, 0.3) is 42.4 Å². The van der Waals surface area contributed by atoms with Crippen molar-refractivity contribution >= 4 is 54.1 Å². The molecular formula is C24H15IS. The van der Waals surface area contributed by atoms with E-state index >= 15 is 0 Å². The van der Waals surface area contributed by atoms with Gasteiger partial charge < -0.3 is 0 Å². The second kappa shape index (κ2) is 6.53. The van der Waals surface area contributed by atoms with Gasteiger partial charge in [-0.15, -0.1) is 11.3 Å². The minimum absolute atomic E-state index is 1.26. The molecular weight excluding hydrogens is 447 g/mol. The molecule has 124 valence electrons. The second-order valence-electron chi connectivity index (χ2n) is 6.40. The number of fused-ring (bicyclic) bond motifs is 3. The first-order valence-corrected chi connectivity index (χ1v) is 10.5. The Labute approximate surface area is 170 Å². The van der Waals surface area contributed by atoms with E-state index in [-0.39, 0.29) is 0 Å². The van der Waals surface area contributed by atoms with Crippen molar-refractivity contribution in [2.75, 3.05) is 0 Å². The lowest BCUT2D eigenvalue weighted by Gasteiger charge is -2.08. The highest BCUT2D eigenvalue weighted by Crippen LogP contribution is 2.37. The molecule has 1 aromatic heterocycles. The molecule has 0 fully saturated rings. The molecule has 4 aromatic carbocycles. The molecule has 0 amide bonds. The van der Waals surface area contributed by atoms with E-state index in [1.807, 2.05) is 11.3 Å². The summed E-state index contributed by atoms with van der Waals surface area (Å²) in [4.78, 5) is 0. The Morgan fingerprint density at radius 2 is 1.19 bits per heavy atom. The first-order chi connectivity index (χ1) is 12.8. The van der Waals surface area contributed by atoms with Gasteiger partial charge in [-0.2, -0.15) is 0 Å². The third-order valence-corrected chi connectivity index (χ3v) is 6.47. The molecule has 0 aliphatic carbocycles. The van der Waals surface area contributed by atoms with E-state index in [9.17, 15) is 0 Å². The van der Waals surface area contributed by atoms with Gasteiger partial charge in [0.25, 0.3) is 0 Å². The van der Waals surface area contributed by atoms with Crippen molar-refractivity contribution in [3.05, 3.63) is 94.6 Å². The molecule has 0 bridgehead atoms. The van der Waals surface area contributed by atoms with Crippen LogP contribution in [0.5, 0.6) is 0 Å². The SMILES string of the molecule is Ic1cc(-c2ccccc2)cc(-c2ccc3c(c2)sc2ccccc23)c1. The van der Waals surface area contributed by atoms with E-state index in [1.54, 1.807) is 0 Å². The fourth-order valence-corrected chi connectivity index (χ4v) is 5.28. The summed E-state index contributed by atoms with van der Waals surface area (Å²) in [5.74, 6) is 0. The zero-order chi connectivity index (χ0) is 17.5. The molecule has 0 saturated carbocycles. The molecule has 0 unspecified atom stereocenters. The number of thiophene rings is 1. The lowest BCUT2D eigenvalue weighted by Crippen LogP contribution is -1.84. The van der Waals surface area contributed by atoms with Crippen LogP contribution in [0.2, 0.25) is 0 Å². The Balaban J connectivity index is 1.67. The molecule has 0 atom stereocenters. The van der Waals surface area contributed by atoms with E-state index in [1.165, 1.54) is 46.0 Å². The minimum Gasteiger partial charge on any atom is -0.135 e. The Morgan fingerprint density at radius 1 is 0.500 bits per heavy atom. The molecule has 0 radical (unpaired) electrons. The smallest absolute Gasteiger partial charge is 0.0361 e. The van der Waals surface area contributed by atoms with Crippen molar-refractivity contribution in [1.82, 2.24) is 0 Å². The van der Waals surface area contributed by atoms with Crippen LogP contribution in [0.15, 0.2) is 91.0 Å². The highest BCUT2D eigenvalue weighted by molar-refractivity contribution is 14.1. The molecule has 26 heavy (non-hydrogen) atoms. The van der Waals surface area contributed by atoms with Gasteiger partial charge in [0.15, 0.2) is 0 Å². The summed E-state index contributed by atoms with van der Waals surface area (Å²) in [6, 6.07) is 32.9. The standard InChI is InChI=1S/C24H15IS/c25-20-13-18(16-6-2-1-3-7-16)12-19(14-20)17-10-11-22-21-8-4-5-9-23(21)26-24(22)15-17/h1-15H. The van der Waals surface area contributed by atoms with E-state index in [2.05, 4.69) is 114 Å². The molecule has 0 N–H and O–H groups in total. The summed E-state index contributed by atoms with van der Waals surface area (Å²) in [6.07, 6.45) is 0. The Bertz CT molecular complexity index is 1240. The average Bonchev–Trinajstić information content (AvgIpc) is 3.06. The average molecular weight is 462 g/mol. The maximum atomic E-state index is 2.42. The molecule has 1 heterocycles. The highest BCUT2D eigenvalue weighted by atomic mass is 127. The van der Waals surface area contributed by atoms with Crippen molar-refractivity contribution < 1.29 is 0 Å². The fourth-order valence-electron chi connectivity index (χ4n) is 3.46. The van der Waals surface area contributed by atoms with E-state index in [4.69, 9.17) is 0 Å². The number of halogens is 1. The van der Waals surface area contributed by atoms with Gasteiger partial charge in [-0.05, 0) is 75.2 Å².